The maximum Gasteiger partial charge on any atom is 0.218 e. The number of alkyl halides is 1. The highest BCUT2D eigenvalue weighted by Gasteiger charge is 2.32. The summed E-state index contributed by atoms with van der Waals surface area (Å²) in [6.45, 7) is 0. The van der Waals surface area contributed by atoms with Crippen LogP contribution < -0.4 is 11.1 Å². The van der Waals surface area contributed by atoms with Crippen molar-refractivity contribution in [3.05, 3.63) is 22.2 Å². The summed E-state index contributed by atoms with van der Waals surface area (Å²) in [7, 11) is 0. The van der Waals surface area contributed by atoms with Crippen molar-refractivity contribution in [2.45, 2.75) is 5.12 Å². The van der Waals surface area contributed by atoms with Crippen LogP contribution in [0.25, 0.3) is 0 Å². The summed E-state index contributed by atoms with van der Waals surface area (Å²) in [6.07, 6.45) is 0. The predicted octanol–water partition coefficient (Wildman–Crippen LogP) is 3.54. The van der Waals surface area contributed by atoms with Crippen LogP contribution in [0.3, 0.4) is 0 Å². The van der Waals surface area contributed by atoms with Crippen molar-refractivity contribution < 1.29 is 0 Å². The molecule has 1 aromatic carbocycles. The Morgan fingerprint density at radius 1 is 1.20 bits per heavy atom. The number of fused-ring (bicyclic) bond motifs is 1. The van der Waals surface area contributed by atoms with Gasteiger partial charge in [-0.3, -0.25) is 5.73 Å². The first kappa shape index (κ1) is 11.3. The first-order valence-corrected chi connectivity index (χ1v) is 5.41. The highest BCUT2D eigenvalue weighted by atomic mass is 35.5. The lowest BCUT2D eigenvalue weighted by Gasteiger charge is -2.28. The number of aliphatic imine (C=N–C) groups is 1. The van der Waals surface area contributed by atoms with Crippen molar-refractivity contribution in [3.63, 3.8) is 0 Å². The van der Waals surface area contributed by atoms with E-state index in [-0.39, 0.29) is 5.17 Å². The quantitative estimate of drug-likeness (QED) is 0.565. The second-order valence-electron chi connectivity index (χ2n) is 3.02. The number of nitrogens with two attached hydrogens (primary N) is 1. The summed E-state index contributed by atoms with van der Waals surface area (Å²) in [4.78, 5) is 4.02. The zero-order chi connectivity index (χ0) is 11.2. The minimum absolute atomic E-state index is 0.0510. The lowest BCUT2D eigenvalue weighted by Crippen LogP contribution is -2.48. The molecule has 2 rings (SSSR count). The maximum atomic E-state index is 5.87. The fraction of sp³-hybridized carbons (Fsp3) is 0.125. The molecule has 7 heteroatoms. The first-order valence-electron chi connectivity index (χ1n) is 3.90. The van der Waals surface area contributed by atoms with Gasteiger partial charge in [0.25, 0.3) is 0 Å². The van der Waals surface area contributed by atoms with Gasteiger partial charge in [-0.15, -0.1) is 0 Å². The van der Waals surface area contributed by atoms with Gasteiger partial charge in [0, 0.05) is 0 Å². The molecule has 0 aliphatic carbocycles. The number of hydrogen-bond donors (Lipinski definition) is 2. The van der Waals surface area contributed by atoms with Crippen LogP contribution in [0.4, 0.5) is 11.4 Å². The van der Waals surface area contributed by atoms with Gasteiger partial charge in [-0.1, -0.05) is 46.4 Å². The summed E-state index contributed by atoms with van der Waals surface area (Å²) in [6, 6.07) is 3.18. The maximum absolute atomic E-state index is 5.87. The van der Waals surface area contributed by atoms with Gasteiger partial charge < -0.3 is 5.32 Å². The summed E-state index contributed by atoms with van der Waals surface area (Å²) in [5.74, 6) is 0. The summed E-state index contributed by atoms with van der Waals surface area (Å²) >= 11 is 23.3. The van der Waals surface area contributed by atoms with Crippen LogP contribution >= 0.6 is 46.4 Å². The molecule has 1 unspecified atom stereocenters. The molecule has 1 atom stereocenters. The molecule has 0 amide bonds. The predicted molar refractivity (Wildman–Crippen MR) is 65.8 cm³/mol. The lowest BCUT2D eigenvalue weighted by molar-refractivity contribution is 0.900. The molecule has 0 spiro atoms. The molecule has 0 radical (unpaired) electrons. The van der Waals surface area contributed by atoms with Crippen LogP contribution in [0.15, 0.2) is 17.1 Å². The largest absolute Gasteiger partial charge is 0.347 e. The van der Waals surface area contributed by atoms with Crippen molar-refractivity contribution in [1.29, 1.82) is 0 Å². The first-order chi connectivity index (χ1) is 6.90. The molecular weight excluding hydrogens is 280 g/mol. The molecule has 0 aromatic heterocycles. The fourth-order valence-electron chi connectivity index (χ4n) is 1.16. The van der Waals surface area contributed by atoms with E-state index in [2.05, 4.69) is 10.3 Å². The van der Waals surface area contributed by atoms with Crippen LogP contribution in [0.1, 0.15) is 0 Å². The van der Waals surface area contributed by atoms with Crippen LogP contribution in [0.5, 0.6) is 0 Å². The van der Waals surface area contributed by atoms with Crippen LogP contribution in [-0.4, -0.2) is 10.3 Å². The summed E-state index contributed by atoms with van der Waals surface area (Å²) < 4.78 is 0. The number of nitrogens with one attached hydrogen (secondary N) is 1. The smallest absolute Gasteiger partial charge is 0.218 e. The molecule has 0 bridgehead atoms. The molecule has 1 aliphatic rings. The second-order valence-corrected chi connectivity index (χ2v) is 4.79. The normalized spacial score (nSPS) is 24.2. The molecule has 15 heavy (non-hydrogen) atoms. The third-order valence-electron chi connectivity index (χ3n) is 1.87. The molecule has 1 aromatic rings. The molecule has 0 saturated carbocycles. The Bertz CT molecular complexity index is 455. The summed E-state index contributed by atoms with van der Waals surface area (Å²) in [5.41, 5.74) is 6.78. The number of halogens is 4. The third kappa shape index (κ3) is 2.03. The van der Waals surface area contributed by atoms with Crippen LogP contribution in [-0.2, 0) is 0 Å². The van der Waals surface area contributed by atoms with E-state index in [1.807, 2.05) is 0 Å². The zero-order valence-electron chi connectivity index (χ0n) is 7.19. The van der Waals surface area contributed by atoms with Crippen molar-refractivity contribution in [2.24, 2.45) is 10.7 Å². The number of anilines is 1. The SMILES string of the molecule is NC1(Cl)Nc2cc(Cl)c(Cl)cc2N=C1Cl. The van der Waals surface area contributed by atoms with Gasteiger partial charge in [0.2, 0.25) is 5.12 Å². The molecule has 80 valence electrons. The van der Waals surface area contributed by atoms with Crippen molar-refractivity contribution in [2.75, 3.05) is 5.32 Å². The van der Waals surface area contributed by atoms with Gasteiger partial charge in [0.05, 0.1) is 21.4 Å². The minimum atomic E-state index is -1.40. The Balaban J connectivity index is 2.58. The molecule has 0 fully saturated rings. The van der Waals surface area contributed by atoms with Crippen LogP contribution in [0.2, 0.25) is 10.0 Å². The van der Waals surface area contributed by atoms with E-state index in [4.69, 9.17) is 52.1 Å². The average Bonchev–Trinajstić information content (AvgIpc) is 2.11. The van der Waals surface area contributed by atoms with Crippen molar-refractivity contribution in [3.8, 4) is 0 Å². The van der Waals surface area contributed by atoms with E-state index in [0.29, 0.717) is 21.4 Å². The van der Waals surface area contributed by atoms with Crippen molar-refractivity contribution >= 4 is 62.9 Å². The highest BCUT2D eigenvalue weighted by molar-refractivity contribution is 6.73. The number of nitrogens with zero attached hydrogens (tertiary/aromatic N) is 1. The molecule has 0 saturated heterocycles. The second kappa shape index (κ2) is 3.68. The Kier molecular flexibility index (Phi) is 2.77. The van der Waals surface area contributed by atoms with Crippen LogP contribution in [0, 0.1) is 0 Å². The monoisotopic (exact) mass is 283 g/mol. The Morgan fingerprint density at radius 2 is 1.80 bits per heavy atom. The standard InChI is InChI=1S/C8H5Cl4N3/c9-3-1-5-6(2-4(3)10)15-8(12,13)7(11)14-5/h1-2,15H,13H2. The number of rotatable bonds is 0. The van der Waals surface area contributed by atoms with Gasteiger partial charge in [-0.05, 0) is 12.1 Å². The topological polar surface area (TPSA) is 50.4 Å². The van der Waals surface area contributed by atoms with Gasteiger partial charge in [-0.25, -0.2) is 4.99 Å². The molecule has 3 nitrogen and oxygen atoms in total. The fourth-order valence-corrected chi connectivity index (χ4v) is 1.77. The number of hydrogen-bond acceptors (Lipinski definition) is 3. The van der Waals surface area contributed by atoms with Gasteiger partial charge in [0.15, 0.2) is 5.17 Å². The van der Waals surface area contributed by atoms with Crippen molar-refractivity contribution in [1.82, 2.24) is 0 Å². The molecule has 1 heterocycles. The van der Waals surface area contributed by atoms with Gasteiger partial charge >= 0.3 is 0 Å². The molecule has 3 N–H and O–H groups in total. The number of benzene rings is 1. The average molecular weight is 285 g/mol. The highest BCUT2D eigenvalue weighted by Crippen LogP contribution is 2.39. The van der Waals surface area contributed by atoms with Gasteiger partial charge in [0.1, 0.15) is 0 Å². The minimum Gasteiger partial charge on any atom is -0.347 e. The molecule has 1 aliphatic heterocycles. The van der Waals surface area contributed by atoms with E-state index < -0.39 is 5.12 Å². The third-order valence-corrected chi connectivity index (χ3v) is 3.35. The molecular formula is C8H5Cl4N3. The zero-order valence-corrected chi connectivity index (χ0v) is 10.2. The van der Waals surface area contributed by atoms with Gasteiger partial charge in [-0.2, -0.15) is 0 Å². The summed E-state index contributed by atoms with van der Waals surface area (Å²) in [5, 5.41) is 2.23. The Hall–Kier alpha value is -0.190. The van der Waals surface area contributed by atoms with E-state index in [1.165, 1.54) is 0 Å². The Morgan fingerprint density at radius 3 is 2.47 bits per heavy atom. The van der Waals surface area contributed by atoms with E-state index in [1.54, 1.807) is 12.1 Å². The Labute approximate surface area is 106 Å². The van der Waals surface area contributed by atoms with E-state index in [9.17, 15) is 0 Å². The van der Waals surface area contributed by atoms with E-state index >= 15 is 0 Å². The lowest BCUT2D eigenvalue weighted by atomic mass is 10.2. The van der Waals surface area contributed by atoms with E-state index in [0.717, 1.165) is 0 Å².